The Balaban J connectivity index is 2.40. The van der Waals surface area contributed by atoms with Crippen LogP contribution in [0.1, 0.15) is 38.8 Å². The summed E-state index contributed by atoms with van der Waals surface area (Å²) in [5.41, 5.74) is 0.656. The van der Waals surface area contributed by atoms with Crippen LogP contribution in [0.5, 0.6) is 0 Å². The Morgan fingerprint density at radius 3 is 2.47 bits per heavy atom. The molecule has 3 nitrogen and oxygen atoms in total. The summed E-state index contributed by atoms with van der Waals surface area (Å²) in [5, 5.41) is 5.88. The van der Waals surface area contributed by atoms with E-state index < -0.39 is 11.6 Å². The van der Waals surface area contributed by atoms with Crippen molar-refractivity contribution >= 4 is 5.91 Å². The van der Waals surface area contributed by atoms with Gasteiger partial charge in [-0.3, -0.25) is 4.79 Å². The summed E-state index contributed by atoms with van der Waals surface area (Å²) in [7, 11) is 0. The molecule has 0 spiro atoms. The average Bonchev–Trinajstić information content (AvgIpc) is 2.31. The molecule has 1 aromatic carbocycles. The van der Waals surface area contributed by atoms with Crippen LogP contribution in [0.4, 0.5) is 8.78 Å². The van der Waals surface area contributed by atoms with Crippen LogP contribution in [-0.2, 0) is 4.79 Å². The molecule has 1 amide bonds. The summed E-state index contributed by atoms with van der Waals surface area (Å²) in [6.07, 6.45) is 0.353. The van der Waals surface area contributed by atoms with E-state index >= 15 is 0 Å². The summed E-state index contributed by atoms with van der Waals surface area (Å²) >= 11 is 0. The third kappa shape index (κ3) is 5.34. The minimum atomic E-state index is -0.858. The normalized spacial score (nSPS) is 12.5. The first-order chi connectivity index (χ1) is 8.90. The zero-order chi connectivity index (χ0) is 14.4. The van der Waals surface area contributed by atoms with E-state index in [9.17, 15) is 13.6 Å². The third-order valence-electron chi connectivity index (χ3n) is 2.70. The first kappa shape index (κ1) is 15.6. The Kier molecular flexibility index (Phi) is 5.89. The van der Waals surface area contributed by atoms with Crippen LogP contribution in [0.25, 0.3) is 0 Å². The molecule has 1 aromatic rings. The minimum Gasteiger partial charge on any atom is -0.354 e. The predicted molar refractivity (Wildman–Crippen MR) is 70.7 cm³/mol. The molecule has 0 saturated heterocycles. The number of amides is 1. The van der Waals surface area contributed by atoms with Gasteiger partial charge in [0.25, 0.3) is 0 Å². The number of carbonyl (C=O) groups excluding carboxylic acids is 1. The molecule has 19 heavy (non-hydrogen) atoms. The second kappa shape index (κ2) is 7.19. The molecule has 106 valence electrons. The van der Waals surface area contributed by atoms with Gasteiger partial charge < -0.3 is 10.6 Å². The van der Waals surface area contributed by atoms with Crippen LogP contribution in [0.2, 0.25) is 0 Å². The summed E-state index contributed by atoms with van der Waals surface area (Å²) in [5.74, 6) is -1.74. The van der Waals surface area contributed by atoms with E-state index in [-0.39, 0.29) is 18.0 Å². The second-order valence-corrected chi connectivity index (χ2v) is 4.82. The Labute approximate surface area is 112 Å². The number of hydrogen-bond acceptors (Lipinski definition) is 2. The van der Waals surface area contributed by atoms with Gasteiger partial charge in [0.1, 0.15) is 0 Å². The first-order valence-electron chi connectivity index (χ1n) is 6.38. The van der Waals surface area contributed by atoms with Crippen molar-refractivity contribution in [3.63, 3.8) is 0 Å². The molecule has 1 rings (SSSR count). The smallest absolute Gasteiger partial charge is 0.221 e. The molecule has 0 heterocycles. The standard InChI is InChI=1S/C14H20F2N2O/c1-9(2)18-14(19)6-7-17-10(3)11-4-5-12(15)13(16)8-11/h4-5,8-10,17H,6-7H2,1-3H3,(H,18,19). The molecule has 0 aliphatic rings. The minimum absolute atomic E-state index is 0.0278. The fourth-order valence-corrected chi connectivity index (χ4v) is 1.70. The molecule has 0 radical (unpaired) electrons. The maximum absolute atomic E-state index is 13.1. The summed E-state index contributed by atoms with van der Waals surface area (Å²) in [4.78, 5) is 11.4. The highest BCUT2D eigenvalue weighted by Crippen LogP contribution is 2.15. The molecule has 0 saturated carbocycles. The lowest BCUT2D eigenvalue weighted by Gasteiger charge is -2.15. The van der Waals surface area contributed by atoms with Crippen LogP contribution in [0.3, 0.4) is 0 Å². The Hall–Kier alpha value is -1.49. The quantitative estimate of drug-likeness (QED) is 0.834. The van der Waals surface area contributed by atoms with Crippen molar-refractivity contribution in [2.75, 3.05) is 6.54 Å². The first-order valence-corrected chi connectivity index (χ1v) is 6.38. The van der Waals surface area contributed by atoms with Crippen molar-refractivity contribution in [3.8, 4) is 0 Å². The van der Waals surface area contributed by atoms with Gasteiger partial charge in [0, 0.05) is 25.0 Å². The van der Waals surface area contributed by atoms with Crippen molar-refractivity contribution < 1.29 is 13.6 Å². The van der Waals surface area contributed by atoms with Gasteiger partial charge in [-0.15, -0.1) is 0 Å². The molecular formula is C14H20F2N2O. The van der Waals surface area contributed by atoms with E-state index in [1.54, 1.807) is 0 Å². The number of rotatable bonds is 6. The maximum atomic E-state index is 13.1. The fourth-order valence-electron chi connectivity index (χ4n) is 1.70. The van der Waals surface area contributed by atoms with Gasteiger partial charge in [0.05, 0.1) is 0 Å². The number of nitrogens with one attached hydrogen (secondary N) is 2. The Morgan fingerprint density at radius 1 is 1.21 bits per heavy atom. The Morgan fingerprint density at radius 2 is 1.89 bits per heavy atom. The fraction of sp³-hybridized carbons (Fsp3) is 0.500. The SMILES string of the molecule is CC(C)NC(=O)CCNC(C)c1ccc(F)c(F)c1. The van der Waals surface area contributed by atoms with Crippen molar-refractivity contribution in [2.24, 2.45) is 0 Å². The predicted octanol–water partition coefficient (Wildman–Crippen LogP) is 2.53. The zero-order valence-corrected chi connectivity index (χ0v) is 11.5. The van der Waals surface area contributed by atoms with E-state index in [2.05, 4.69) is 10.6 Å². The van der Waals surface area contributed by atoms with Crippen molar-refractivity contribution in [3.05, 3.63) is 35.4 Å². The van der Waals surface area contributed by atoms with Gasteiger partial charge >= 0.3 is 0 Å². The number of benzene rings is 1. The van der Waals surface area contributed by atoms with Crippen molar-refractivity contribution in [1.82, 2.24) is 10.6 Å². The van der Waals surface area contributed by atoms with E-state index in [0.717, 1.165) is 6.07 Å². The second-order valence-electron chi connectivity index (χ2n) is 4.82. The topological polar surface area (TPSA) is 41.1 Å². The highest BCUT2D eigenvalue weighted by Gasteiger charge is 2.09. The summed E-state index contributed by atoms with van der Waals surface area (Å²) < 4.78 is 25.9. The average molecular weight is 270 g/mol. The van der Waals surface area contributed by atoms with E-state index in [1.807, 2.05) is 20.8 Å². The number of halogens is 2. The van der Waals surface area contributed by atoms with Crippen LogP contribution in [-0.4, -0.2) is 18.5 Å². The molecule has 0 bridgehead atoms. The maximum Gasteiger partial charge on any atom is 0.221 e. The van der Waals surface area contributed by atoms with Crippen LogP contribution in [0.15, 0.2) is 18.2 Å². The molecule has 0 aromatic heterocycles. The molecule has 1 unspecified atom stereocenters. The molecular weight excluding hydrogens is 250 g/mol. The van der Waals surface area contributed by atoms with E-state index in [1.165, 1.54) is 12.1 Å². The molecule has 2 N–H and O–H groups in total. The van der Waals surface area contributed by atoms with Crippen molar-refractivity contribution in [2.45, 2.75) is 39.3 Å². The molecule has 5 heteroatoms. The lowest BCUT2D eigenvalue weighted by Crippen LogP contribution is -2.33. The van der Waals surface area contributed by atoms with E-state index in [4.69, 9.17) is 0 Å². The van der Waals surface area contributed by atoms with Gasteiger partial charge in [-0.1, -0.05) is 6.07 Å². The largest absolute Gasteiger partial charge is 0.354 e. The summed E-state index contributed by atoms with van der Waals surface area (Å²) in [6, 6.07) is 3.79. The molecule has 1 atom stereocenters. The lowest BCUT2D eigenvalue weighted by atomic mass is 10.1. The Bertz CT molecular complexity index is 435. The van der Waals surface area contributed by atoms with Gasteiger partial charge in [0.2, 0.25) is 5.91 Å². The van der Waals surface area contributed by atoms with Crippen LogP contribution in [0, 0.1) is 11.6 Å². The number of carbonyl (C=O) groups is 1. The van der Waals surface area contributed by atoms with Gasteiger partial charge in [-0.2, -0.15) is 0 Å². The van der Waals surface area contributed by atoms with E-state index in [0.29, 0.717) is 18.5 Å². The van der Waals surface area contributed by atoms with Crippen LogP contribution >= 0.6 is 0 Å². The zero-order valence-electron chi connectivity index (χ0n) is 11.5. The lowest BCUT2D eigenvalue weighted by molar-refractivity contribution is -0.121. The molecule has 0 fully saturated rings. The van der Waals surface area contributed by atoms with Gasteiger partial charge in [-0.05, 0) is 38.5 Å². The van der Waals surface area contributed by atoms with Crippen molar-refractivity contribution in [1.29, 1.82) is 0 Å². The van der Waals surface area contributed by atoms with Crippen LogP contribution < -0.4 is 10.6 Å². The monoisotopic (exact) mass is 270 g/mol. The van der Waals surface area contributed by atoms with Gasteiger partial charge in [0.15, 0.2) is 11.6 Å². The van der Waals surface area contributed by atoms with Gasteiger partial charge in [-0.25, -0.2) is 8.78 Å². The molecule has 0 aliphatic carbocycles. The molecule has 0 aliphatic heterocycles. The third-order valence-corrected chi connectivity index (χ3v) is 2.70. The highest BCUT2D eigenvalue weighted by atomic mass is 19.2. The number of hydrogen-bond donors (Lipinski definition) is 2. The summed E-state index contributed by atoms with van der Waals surface area (Å²) in [6.45, 7) is 6.12. The highest BCUT2D eigenvalue weighted by molar-refractivity contribution is 5.76.